The number of ketones is 2. The van der Waals surface area contributed by atoms with Gasteiger partial charge in [0.1, 0.15) is 11.6 Å². The Bertz CT molecular complexity index is 667. The molecule has 0 saturated heterocycles. The minimum atomic E-state index is 0.370. The molecule has 5 aliphatic rings. The molecular weight excluding hydrogens is 368 g/mol. The van der Waals surface area contributed by atoms with Crippen LogP contribution in [0.15, 0.2) is 60.8 Å². The van der Waals surface area contributed by atoms with Gasteiger partial charge in [-0.05, 0) is 83.0 Å². The van der Waals surface area contributed by atoms with E-state index in [1.54, 1.807) is 13.8 Å². The normalized spacial score (nSPS) is 32.7. The Morgan fingerprint density at radius 3 is 1.30 bits per heavy atom. The van der Waals surface area contributed by atoms with Gasteiger partial charge in [-0.15, -0.1) is 6.58 Å². The molecule has 5 rings (SSSR count). The van der Waals surface area contributed by atoms with Gasteiger partial charge in [0.15, 0.2) is 0 Å². The van der Waals surface area contributed by atoms with Crippen LogP contribution in [0.5, 0.6) is 0 Å². The van der Waals surface area contributed by atoms with Gasteiger partial charge in [-0.2, -0.15) is 0 Å². The second-order valence-electron chi connectivity index (χ2n) is 9.40. The number of hydrogen-bond acceptors (Lipinski definition) is 2. The first kappa shape index (κ1) is 24.3. The minimum Gasteiger partial charge on any atom is -0.300 e. The first-order chi connectivity index (χ1) is 14.3. The summed E-state index contributed by atoms with van der Waals surface area (Å²) in [5, 5.41) is 0. The molecular formula is C28H40O2. The summed E-state index contributed by atoms with van der Waals surface area (Å²) >= 11 is 0. The summed E-state index contributed by atoms with van der Waals surface area (Å²) < 4.78 is 0. The fourth-order valence-electron chi connectivity index (χ4n) is 4.89. The molecule has 0 amide bonds. The molecule has 0 radical (unpaired) electrons. The van der Waals surface area contributed by atoms with E-state index in [0.717, 1.165) is 37.5 Å². The fraction of sp³-hybridized carbons (Fsp3) is 0.571. The molecule has 0 heterocycles. The van der Waals surface area contributed by atoms with Crippen LogP contribution in [0.4, 0.5) is 0 Å². The number of Topliss-reactive ketones (excluding diaryl/α,β-unsaturated/α-hetero) is 2. The van der Waals surface area contributed by atoms with Gasteiger partial charge in [-0.1, -0.05) is 61.1 Å². The van der Waals surface area contributed by atoms with E-state index in [2.05, 4.69) is 62.1 Å². The molecule has 2 fully saturated rings. The molecule has 0 N–H and O–H groups in total. The summed E-state index contributed by atoms with van der Waals surface area (Å²) in [7, 11) is 0. The third-order valence-electron chi connectivity index (χ3n) is 6.86. The maximum Gasteiger partial charge on any atom is 0.133 e. The summed E-state index contributed by atoms with van der Waals surface area (Å²) in [4.78, 5) is 22.0. The number of rotatable bonds is 3. The molecule has 0 aromatic heterocycles. The lowest BCUT2D eigenvalue weighted by atomic mass is 9.90. The van der Waals surface area contributed by atoms with Gasteiger partial charge < -0.3 is 0 Å². The Balaban J connectivity index is 0.000000151. The van der Waals surface area contributed by atoms with E-state index in [0.29, 0.717) is 35.2 Å². The Hall–Kier alpha value is -1.96. The zero-order valence-electron chi connectivity index (χ0n) is 19.3. The van der Waals surface area contributed by atoms with Crippen LogP contribution in [0, 0.1) is 35.5 Å². The fourth-order valence-corrected chi connectivity index (χ4v) is 4.89. The number of fused-ring (bicyclic) bond motifs is 4. The van der Waals surface area contributed by atoms with Crippen LogP contribution in [0.25, 0.3) is 0 Å². The molecule has 5 aliphatic carbocycles. The number of carbonyl (C=O) groups excluding carboxylic acids is 2. The zero-order chi connectivity index (χ0) is 22.1. The van der Waals surface area contributed by atoms with Crippen LogP contribution in [0.1, 0.15) is 66.2 Å². The van der Waals surface area contributed by atoms with Crippen molar-refractivity contribution in [2.24, 2.45) is 35.5 Å². The van der Waals surface area contributed by atoms with E-state index in [9.17, 15) is 9.59 Å². The SMILES string of the molecule is C1=CCC=C1.C=C(C)CC.CC(=O)C1CC2C=CC1C2.CC(=O)C1CC2C=CC1C2. The molecule has 164 valence electrons. The van der Waals surface area contributed by atoms with Crippen LogP contribution in [-0.2, 0) is 9.59 Å². The lowest BCUT2D eigenvalue weighted by Gasteiger charge is -2.13. The molecule has 30 heavy (non-hydrogen) atoms. The third kappa shape index (κ3) is 7.38. The second kappa shape index (κ2) is 12.0. The van der Waals surface area contributed by atoms with E-state index in [1.807, 2.05) is 6.92 Å². The molecule has 0 spiro atoms. The summed E-state index contributed by atoms with van der Waals surface area (Å²) in [6.07, 6.45) is 24.3. The summed E-state index contributed by atoms with van der Waals surface area (Å²) in [5.41, 5.74) is 1.25. The molecule has 2 nitrogen and oxygen atoms in total. The van der Waals surface area contributed by atoms with Crippen molar-refractivity contribution in [3.05, 3.63) is 60.8 Å². The summed E-state index contributed by atoms with van der Waals surface area (Å²) in [5.74, 6) is 4.18. The van der Waals surface area contributed by atoms with E-state index in [-0.39, 0.29) is 0 Å². The van der Waals surface area contributed by atoms with Gasteiger partial charge in [0, 0.05) is 11.8 Å². The smallest absolute Gasteiger partial charge is 0.133 e. The van der Waals surface area contributed by atoms with Gasteiger partial charge >= 0.3 is 0 Å². The molecule has 2 saturated carbocycles. The predicted octanol–water partition coefficient (Wildman–Crippen LogP) is 7.05. The van der Waals surface area contributed by atoms with E-state index in [4.69, 9.17) is 0 Å². The van der Waals surface area contributed by atoms with Crippen molar-refractivity contribution in [1.29, 1.82) is 0 Å². The number of carbonyl (C=O) groups is 2. The van der Waals surface area contributed by atoms with E-state index < -0.39 is 0 Å². The molecule has 6 atom stereocenters. The molecule has 0 aromatic carbocycles. The van der Waals surface area contributed by atoms with Crippen molar-refractivity contribution >= 4 is 11.6 Å². The molecule has 6 unspecified atom stereocenters. The van der Waals surface area contributed by atoms with Gasteiger partial charge in [0.05, 0.1) is 0 Å². The molecule has 2 heteroatoms. The zero-order valence-corrected chi connectivity index (χ0v) is 19.3. The second-order valence-corrected chi connectivity index (χ2v) is 9.40. The quantitative estimate of drug-likeness (QED) is 0.469. The Morgan fingerprint density at radius 2 is 1.17 bits per heavy atom. The highest BCUT2D eigenvalue weighted by Crippen LogP contribution is 2.44. The highest BCUT2D eigenvalue weighted by atomic mass is 16.1. The largest absolute Gasteiger partial charge is 0.300 e. The Kier molecular flexibility index (Phi) is 9.75. The average molecular weight is 409 g/mol. The first-order valence-electron chi connectivity index (χ1n) is 11.6. The molecule has 0 aliphatic heterocycles. The lowest BCUT2D eigenvalue weighted by Crippen LogP contribution is -2.15. The highest BCUT2D eigenvalue weighted by molar-refractivity contribution is 5.80. The van der Waals surface area contributed by atoms with Crippen molar-refractivity contribution in [3.63, 3.8) is 0 Å². The highest BCUT2D eigenvalue weighted by Gasteiger charge is 2.38. The summed E-state index contributed by atoms with van der Waals surface area (Å²) in [6, 6.07) is 0. The Labute approximate surface area is 183 Å². The van der Waals surface area contributed by atoms with Crippen LogP contribution in [-0.4, -0.2) is 11.6 Å². The summed E-state index contributed by atoms with van der Waals surface area (Å²) in [6.45, 7) is 11.2. The molecule has 4 bridgehead atoms. The third-order valence-corrected chi connectivity index (χ3v) is 6.86. The Morgan fingerprint density at radius 1 is 0.767 bits per heavy atom. The monoisotopic (exact) mass is 408 g/mol. The molecule has 0 aromatic rings. The van der Waals surface area contributed by atoms with Crippen molar-refractivity contribution in [1.82, 2.24) is 0 Å². The van der Waals surface area contributed by atoms with Crippen LogP contribution in [0.2, 0.25) is 0 Å². The lowest BCUT2D eigenvalue weighted by molar-refractivity contribution is -0.122. The minimum absolute atomic E-state index is 0.370. The van der Waals surface area contributed by atoms with Gasteiger partial charge in [-0.25, -0.2) is 0 Å². The predicted molar refractivity (Wildman–Crippen MR) is 127 cm³/mol. The van der Waals surface area contributed by atoms with Crippen molar-refractivity contribution in [2.45, 2.75) is 66.2 Å². The van der Waals surface area contributed by atoms with Gasteiger partial charge in [0.2, 0.25) is 0 Å². The van der Waals surface area contributed by atoms with E-state index in [1.165, 1.54) is 18.4 Å². The maximum atomic E-state index is 11.0. The van der Waals surface area contributed by atoms with Crippen molar-refractivity contribution in [2.75, 3.05) is 0 Å². The number of hydrogen-bond donors (Lipinski definition) is 0. The first-order valence-corrected chi connectivity index (χ1v) is 11.6. The maximum absolute atomic E-state index is 11.0. The van der Waals surface area contributed by atoms with Crippen molar-refractivity contribution in [3.8, 4) is 0 Å². The van der Waals surface area contributed by atoms with Crippen LogP contribution < -0.4 is 0 Å². The van der Waals surface area contributed by atoms with Gasteiger partial charge in [-0.3, -0.25) is 9.59 Å². The average Bonchev–Trinajstić information content (AvgIpc) is 3.54. The van der Waals surface area contributed by atoms with Crippen LogP contribution >= 0.6 is 0 Å². The van der Waals surface area contributed by atoms with Crippen molar-refractivity contribution < 1.29 is 9.59 Å². The van der Waals surface area contributed by atoms with Crippen LogP contribution in [0.3, 0.4) is 0 Å². The van der Waals surface area contributed by atoms with E-state index >= 15 is 0 Å². The standard InChI is InChI=1S/2C9H12O.C5H6.C5H10/c2*1-6(10)9-5-7-2-3-8(9)4-7;1-2-4-5-3-1;1-4-5(2)3/h2*2-3,7-9H,4-5H2,1H3;1-4H,5H2;2,4H2,1,3H3. The topological polar surface area (TPSA) is 34.1 Å². The number of allylic oxidation sites excluding steroid dienone is 9. The van der Waals surface area contributed by atoms with Gasteiger partial charge in [0.25, 0.3) is 0 Å².